The van der Waals surface area contributed by atoms with Gasteiger partial charge in [-0.05, 0) is 49.4 Å². The van der Waals surface area contributed by atoms with Crippen LogP contribution in [0.3, 0.4) is 0 Å². The number of carbonyl (C=O) groups is 1. The molecule has 1 aliphatic heterocycles. The van der Waals surface area contributed by atoms with E-state index in [-0.39, 0.29) is 12.0 Å². The standard InChI is InChI=1S/C24H23NO4/c1-17(27-19-8-4-2-5-9-19)24(26)25-16-22-15-18-14-21(12-13-23(18)29-22)28-20-10-6-3-7-11-20/h2-14,17,22H,15-16H2,1H3,(H,25,26)/t17-,22+/m1/s1. The van der Waals surface area contributed by atoms with E-state index < -0.39 is 6.10 Å². The molecule has 4 rings (SSSR count). The molecule has 0 fully saturated rings. The molecule has 3 aromatic carbocycles. The second kappa shape index (κ2) is 8.69. The molecular formula is C24H23NO4. The quantitative estimate of drug-likeness (QED) is 0.652. The van der Waals surface area contributed by atoms with Crippen molar-refractivity contribution in [3.05, 3.63) is 84.4 Å². The summed E-state index contributed by atoms with van der Waals surface area (Å²) in [5.41, 5.74) is 1.08. The van der Waals surface area contributed by atoms with Gasteiger partial charge in [-0.2, -0.15) is 0 Å². The van der Waals surface area contributed by atoms with Crippen LogP contribution in [0.1, 0.15) is 12.5 Å². The Labute approximate surface area is 170 Å². The van der Waals surface area contributed by atoms with E-state index in [4.69, 9.17) is 14.2 Å². The van der Waals surface area contributed by atoms with Crippen LogP contribution in [-0.4, -0.2) is 24.7 Å². The summed E-state index contributed by atoms with van der Waals surface area (Å²) < 4.78 is 17.5. The molecule has 0 aliphatic carbocycles. The monoisotopic (exact) mass is 389 g/mol. The van der Waals surface area contributed by atoms with Crippen LogP contribution in [0.5, 0.6) is 23.0 Å². The van der Waals surface area contributed by atoms with E-state index in [0.717, 1.165) is 29.2 Å². The predicted octanol–water partition coefficient (Wildman–Crippen LogP) is 4.37. The van der Waals surface area contributed by atoms with Crippen LogP contribution in [0.4, 0.5) is 0 Å². The van der Waals surface area contributed by atoms with Crippen molar-refractivity contribution in [1.82, 2.24) is 5.32 Å². The van der Waals surface area contributed by atoms with Crippen LogP contribution in [0.25, 0.3) is 0 Å². The number of amides is 1. The normalized spacial score (nSPS) is 15.7. The highest BCUT2D eigenvalue weighted by atomic mass is 16.5. The molecule has 0 spiro atoms. The summed E-state index contributed by atoms with van der Waals surface area (Å²) in [4.78, 5) is 12.3. The summed E-state index contributed by atoms with van der Waals surface area (Å²) >= 11 is 0. The van der Waals surface area contributed by atoms with Crippen molar-refractivity contribution in [2.75, 3.05) is 6.54 Å². The van der Waals surface area contributed by atoms with Gasteiger partial charge in [0.2, 0.25) is 0 Å². The topological polar surface area (TPSA) is 56.8 Å². The molecule has 0 saturated carbocycles. The molecule has 5 heteroatoms. The Morgan fingerprint density at radius 1 is 1.00 bits per heavy atom. The number of nitrogens with one attached hydrogen (secondary N) is 1. The van der Waals surface area contributed by atoms with Crippen molar-refractivity contribution < 1.29 is 19.0 Å². The first-order valence-corrected chi connectivity index (χ1v) is 9.69. The minimum absolute atomic E-state index is 0.107. The van der Waals surface area contributed by atoms with Gasteiger partial charge in [-0.15, -0.1) is 0 Å². The van der Waals surface area contributed by atoms with Crippen LogP contribution in [0.15, 0.2) is 78.9 Å². The maximum absolute atomic E-state index is 12.3. The Kier molecular flexibility index (Phi) is 5.66. The smallest absolute Gasteiger partial charge is 0.260 e. The first-order valence-electron chi connectivity index (χ1n) is 9.69. The number of ether oxygens (including phenoxy) is 3. The van der Waals surface area contributed by atoms with Crippen molar-refractivity contribution >= 4 is 5.91 Å². The summed E-state index contributed by atoms with van der Waals surface area (Å²) in [6.07, 6.45) is 0.0344. The second-order valence-electron chi connectivity index (χ2n) is 6.95. The van der Waals surface area contributed by atoms with E-state index in [1.807, 2.05) is 78.9 Å². The molecular weight excluding hydrogens is 366 g/mol. The van der Waals surface area contributed by atoms with Crippen molar-refractivity contribution in [1.29, 1.82) is 0 Å². The minimum Gasteiger partial charge on any atom is -0.488 e. The zero-order valence-electron chi connectivity index (χ0n) is 16.2. The van der Waals surface area contributed by atoms with Gasteiger partial charge in [0.1, 0.15) is 29.1 Å². The zero-order valence-corrected chi connectivity index (χ0v) is 16.2. The number of hydrogen-bond acceptors (Lipinski definition) is 4. The number of para-hydroxylation sites is 2. The van der Waals surface area contributed by atoms with E-state index in [2.05, 4.69) is 5.32 Å². The van der Waals surface area contributed by atoms with Gasteiger partial charge in [-0.25, -0.2) is 0 Å². The summed E-state index contributed by atoms with van der Waals surface area (Å²) in [6.45, 7) is 2.16. The molecule has 0 aromatic heterocycles. The third kappa shape index (κ3) is 4.88. The summed E-state index contributed by atoms with van der Waals surface area (Å²) in [5, 5.41) is 2.91. The minimum atomic E-state index is -0.577. The third-order valence-corrected chi connectivity index (χ3v) is 4.68. The lowest BCUT2D eigenvalue weighted by Crippen LogP contribution is -2.41. The molecule has 1 N–H and O–H groups in total. The van der Waals surface area contributed by atoms with Gasteiger partial charge in [-0.3, -0.25) is 4.79 Å². The van der Waals surface area contributed by atoms with Crippen molar-refractivity contribution in [3.8, 4) is 23.0 Å². The van der Waals surface area contributed by atoms with Gasteiger partial charge < -0.3 is 19.5 Å². The fourth-order valence-electron chi connectivity index (χ4n) is 3.21. The second-order valence-corrected chi connectivity index (χ2v) is 6.95. The van der Waals surface area contributed by atoms with Crippen LogP contribution >= 0.6 is 0 Å². The molecule has 0 radical (unpaired) electrons. The Bertz CT molecular complexity index is 959. The van der Waals surface area contributed by atoms with Gasteiger partial charge in [0.05, 0.1) is 6.54 Å². The first kappa shape index (κ1) is 18.9. The summed E-state index contributed by atoms with van der Waals surface area (Å²) in [7, 11) is 0. The highest BCUT2D eigenvalue weighted by Gasteiger charge is 2.25. The van der Waals surface area contributed by atoms with Crippen molar-refractivity contribution in [2.24, 2.45) is 0 Å². The molecule has 0 unspecified atom stereocenters. The van der Waals surface area contributed by atoms with Crippen molar-refractivity contribution in [2.45, 2.75) is 25.6 Å². The molecule has 1 amide bonds. The van der Waals surface area contributed by atoms with E-state index in [1.54, 1.807) is 6.92 Å². The largest absolute Gasteiger partial charge is 0.488 e. The van der Waals surface area contributed by atoms with E-state index in [9.17, 15) is 4.79 Å². The average Bonchev–Trinajstić information content (AvgIpc) is 3.15. The average molecular weight is 389 g/mol. The molecule has 3 aromatic rings. The van der Waals surface area contributed by atoms with Gasteiger partial charge >= 0.3 is 0 Å². The lowest BCUT2D eigenvalue weighted by Gasteiger charge is -2.16. The molecule has 1 heterocycles. The maximum Gasteiger partial charge on any atom is 0.260 e. The van der Waals surface area contributed by atoms with Gasteiger partial charge in [0.15, 0.2) is 6.10 Å². The number of rotatable bonds is 7. The predicted molar refractivity (Wildman–Crippen MR) is 111 cm³/mol. The van der Waals surface area contributed by atoms with E-state index >= 15 is 0 Å². The summed E-state index contributed by atoms with van der Waals surface area (Å²) in [6, 6.07) is 24.8. The number of carbonyl (C=O) groups excluding carboxylic acids is 1. The van der Waals surface area contributed by atoms with Crippen LogP contribution in [-0.2, 0) is 11.2 Å². The zero-order chi connectivity index (χ0) is 20.1. The lowest BCUT2D eigenvalue weighted by molar-refractivity contribution is -0.127. The Morgan fingerprint density at radius 2 is 1.69 bits per heavy atom. The van der Waals surface area contributed by atoms with Gasteiger partial charge in [-0.1, -0.05) is 36.4 Å². The fourth-order valence-corrected chi connectivity index (χ4v) is 3.21. The van der Waals surface area contributed by atoms with E-state index in [0.29, 0.717) is 12.3 Å². The molecule has 2 atom stereocenters. The highest BCUT2D eigenvalue weighted by Crippen LogP contribution is 2.33. The van der Waals surface area contributed by atoms with E-state index in [1.165, 1.54) is 0 Å². The Morgan fingerprint density at radius 3 is 2.41 bits per heavy atom. The molecule has 0 bridgehead atoms. The summed E-state index contributed by atoms with van der Waals surface area (Å²) in [5.74, 6) is 2.90. The van der Waals surface area contributed by atoms with Crippen LogP contribution in [0.2, 0.25) is 0 Å². The van der Waals surface area contributed by atoms with Gasteiger partial charge in [0, 0.05) is 12.0 Å². The third-order valence-electron chi connectivity index (χ3n) is 4.68. The fraction of sp³-hybridized carbons (Fsp3) is 0.208. The number of fused-ring (bicyclic) bond motifs is 1. The number of benzene rings is 3. The molecule has 5 nitrogen and oxygen atoms in total. The molecule has 0 saturated heterocycles. The van der Waals surface area contributed by atoms with Crippen LogP contribution in [0, 0.1) is 0 Å². The molecule has 148 valence electrons. The highest BCUT2D eigenvalue weighted by molar-refractivity contribution is 5.80. The maximum atomic E-state index is 12.3. The Balaban J connectivity index is 1.29. The molecule has 29 heavy (non-hydrogen) atoms. The number of hydrogen-bond donors (Lipinski definition) is 1. The van der Waals surface area contributed by atoms with Crippen LogP contribution < -0.4 is 19.5 Å². The first-order chi connectivity index (χ1) is 14.2. The van der Waals surface area contributed by atoms with Gasteiger partial charge in [0.25, 0.3) is 5.91 Å². The Hall–Kier alpha value is -3.47. The SMILES string of the molecule is C[C@@H](Oc1ccccc1)C(=O)NC[C@@H]1Cc2cc(Oc3ccccc3)ccc2O1. The molecule has 1 aliphatic rings. The lowest BCUT2D eigenvalue weighted by atomic mass is 10.1. The van der Waals surface area contributed by atoms with Crippen molar-refractivity contribution in [3.63, 3.8) is 0 Å².